The first-order valence-corrected chi connectivity index (χ1v) is 10.6. The van der Waals surface area contributed by atoms with Crippen molar-refractivity contribution in [1.82, 2.24) is 0 Å². The molecule has 0 amide bonds. The standard InChI is InChI=1S/C13H20N4O2.C7H8O3S/c14-11(7-4-8-17-13(15)16)12(18)19-9-10-5-2-1-3-6-10;1-6-2-4-7(5-3-6)11(8,9)10/h1-3,5-6,11H,4,7-9,14H2,(H4,15,16,17);2-5H,1H3,(H,8,9,10)/t11-;/m0./s1. The maximum atomic E-state index is 11.6. The van der Waals surface area contributed by atoms with Crippen molar-refractivity contribution in [2.75, 3.05) is 6.54 Å². The lowest BCUT2D eigenvalue weighted by molar-refractivity contribution is -0.146. The van der Waals surface area contributed by atoms with E-state index in [0.29, 0.717) is 19.4 Å². The van der Waals surface area contributed by atoms with E-state index in [1.165, 1.54) is 12.1 Å². The molecule has 30 heavy (non-hydrogen) atoms. The van der Waals surface area contributed by atoms with Gasteiger partial charge in [-0.25, -0.2) is 0 Å². The van der Waals surface area contributed by atoms with Crippen LogP contribution in [-0.4, -0.2) is 37.5 Å². The van der Waals surface area contributed by atoms with Crippen LogP contribution in [0.2, 0.25) is 0 Å². The number of hydrogen-bond acceptors (Lipinski definition) is 6. The summed E-state index contributed by atoms with van der Waals surface area (Å²) in [5.41, 5.74) is 18.0. The van der Waals surface area contributed by atoms with Crippen LogP contribution < -0.4 is 17.2 Å². The molecule has 0 aromatic heterocycles. The van der Waals surface area contributed by atoms with Crippen molar-refractivity contribution < 1.29 is 22.5 Å². The van der Waals surface area contributed by atoms with Crippen LogP contribution >= 0.6 is 0 Å². The molecule has 0 unspecified atom stereocenters. The van der Waals surface area contributed by atoms with E-state index in [1.807, 2.05) is 37.3 Å². The van der Waals surface area contributed by atoms with E-state index >= 15 is 0 Å². The Balaban J connectivity index is 0.000000346. The number of rotatable bonds is 8. The van der Waals surface area contributed by atoms with Gasteiger partial charge in [0, 0.05) is 6.54 Å². The summed E-state index contributed by atoms with van der Waals surface area (Å²) in [6, 6.07) is 14.8. The first-order chi connectivity index (χ1) is 14.1. The zero-order valence-electron chi connectivity index (χ0n) is 16.8. The van der Waals surface area contributed by atoms with E-state index in [1.54, 1.807) is 12.1 Å². The summed E-state index contributed by atoms with van der Waals surface area (Å²) < 4.78 is 34.7. The zero-order chi connectivity index (χ0) is 22.6. The molecule has 164 valence electrons. The van der Waals surface area contributed by atoms with Gasteiger partial charge in [-0.2, -0.15) is 8.42 Å². The summed E-state index contributed by atoms with van der Waals surface area (Å²) in [6.07, 6.45) is 1.13. The van der Waals surface area contributed by atoms with Gasteiger partial charge in [-0.05, 0) is 37.5 Å². The number of hydrogen-bond donors (Lipinski definition) is 4. The number of guanidine groups is 1. The second-order valence-electron chi connectivity index (χ2n) is 6.44. The molecule has 0 spiro atoms. The van der Waals surface area contributed by atoms with Gasteiger partial charge in [-0.15, -0.1) is 0 Å². The molecule has 0 saturated carbocycles. The van der Waals surface area contributed by atoms with Gasteiger partial charge < -0.3 is 21.9 Å². The van der Waals surface area contributed by atoms with E-state index in [2.05, 4.69) is 4.99 Å². The highest BCUT2D eigenvalue weighted by molar-refractivity contribution is 7.85. The molecule has 0 aliphatic rings. The molecule has 0 aliphatic carbocycles. The highest BCUT2D eigenvalue weighted by atomic mass is 32.2. The van der Waals surface area contributed by atoms with Crippen LogP contribution in [0.1, 0.15) is 24.0 Å². The average Bonchev–Trinajstić information content (AvgIpc) is 2.70. The molecule has 0 radical (unpaired) electrons. The maximum absolute atomic E-state index is 11.6. The van der Waals surface area contributed by atoms with Gasteiger partial charge in [0.05, 0.1) is 4.90 Å². The van der Waals surface area contributed by atoms with Crippen molar-refractivity contribution in [2.24, 2.45) is 22.2 Å². The van der Waals surface area contributed by atoms with Crippen molar-refractivity contribution in [3.63, 3.8) is 0 Å². The molecule has 2 rings (SSSR count). The minimum atomic E-state index is -4.02. The third-order valence-corrected chi connectivity index (χ3v) is 4.68. The predicted octanol–water partition coefficient (Wildman–Crippen LogP) is 1.35. The molecule has 0 saturated heterocycles. The number of aryl methyl sites for hydroxylation is 1. The van der Waals surface area contributed by atoms with E-state index in [4.69, 9.17) is 26.5 Å². The molecule has 1 atom stereocenters. The van der Waals surface area contributed by atoms with E-state index in [0.717, 1.165) is 11.1 Å². The fourth-order valence-corrected chi connectivity index (χ4v) is 2.66. The van der Waals surface area contributed by atoms with Gasteiger partial charge in [0.2, 0.25) is 0 Å². The predicted molar refractivity (Wildman–Crippen MR) is 115 cm³/mol. The number of aliphatic imine (C=N–C) groups is 1. The zero-order valence-corrected chi connectivity index (χ0v) is 17.6. The van der Waals surface area contributed by atoms with Crippen LogP contribution in [0.5, 0.6) is 0 Å². The van der Waals surface area contributed by atoms with Crippen molar-refractivity contribution in [2.45, 2.75) is 37.3 Å². The summed E-state index contributed by atoms with van der Waals surface area (Å²) in [7, 11) is -4.02. The monoisotopic (exact) mass is 436 g/mol. The minimum absolute atomic E-state index is 0.0419. The molecule has 7 N–H and O–H groups in total. The van der Waals surface area contributed by atoms with E-state index in [9.17, 15) is 13.2 Å². The Morgan fingerprint density at radius 3 is 2.23 bits per heavy atom. The summed E-state index contributed by atoms with van der Waals surface area (Å²) in [6.45, 7) is 2.54. The second-order valence-corrected chi connectivity index (χ2v) is 7.86. The van der Waals surface area contributed by atoms with Gasteiger partial charge in [-0.1, -0.05) is 48.0 Å². The topological polar surface area (TPSA) is 171 Å². The number of carbonyl (C=O) groups is 1. The van der Waals surface area contributed by atoms with Crippen molar-refractivity contribution in [3.05, 3.63) is 65.7 Å². The lowest BCUT2D eigenvalue weighted by Crippen LogP contribution is -2.32. The smallest absolute Gasteiger partial charge is 0.323 e. The van der Waals surface area contributed by atoms with Gasteiger partial charge >= 0.3 is 5.97 Å². The molecule has 0 bridgehead atoms. The highest BCUT2D eigenvalue weighted by Crippen LogP contribution is 2.08. The van der Waals surface area contributed by atoms with E-state index < -0.39 is 22.1 Å². The Morgan fingerprint density at radius 1 is 1.10 bits per heavy atom. The van der Waals surface area contributed by atoms with Crippen molar-refractivity contribution in [1.29, 1.82) is 0 Å². The SMILES string of the molecule is Cc1ccc(S(=O)(=O)O)cc1.NC(N)=NCCC[C@H](N)C(=O)OCc1ccccc1. The fourth-order valence-electron chi connectivity index (χ4n) is 2.18. The minimum Gasteiger partial charge on any atom is -0.460 e. The van der Waals surface area contributed by atoms with Crippen molar-refractivity contribution >= 4 is 22.0 Å². The summed E-state index contributed by atoms with van der Waals surface area (Å²) >= 11 is 0. The Bertz CT molecular complexity index is 912. The van der Waals surface area contributed by atoms with Crippen LogP contribution in [0.4, 0.5) is 0 Å². The molecule has 2 aromatic carbocycles. The highest BCUT2D eigenvalue weighted by Gasteiger charge is 2.14. The Labute approximate surface area is 176 Å². The Morgan fingerprint density at radius 2 is 1.70 bits per heavy atom. The Kier molecular flexibility index (Phi) is 10.5. The molecule has 10 heteroatoms. The third kappa shape index (κ3) is 10.6. The van der Waals surface area contributed by atoms with Gasteiger partial charge in [0.25, 0.3) is 10.1 Å². The number of carbonyl (C=O) groups excluding carboxylic acids is 1. The lowest BCUT2D eigenvalue weighted by atomic mass is 10.2. The molecular formula is C20H28N4O5S. The summed E-state index contributed by atoms with van der Waals surface area (Å²) in [5.74, 6) is -0.367. The number of ether oxygens (including phenoxy) is 1. The lowest BCUT2D eigenvalue weighted by Gasteiger charge is -2.10. The molecule has 9 nitrogen and oxygen atoms in total. The average molecular weight is 437 g/mol. The van der Waals surface area contributed by atoms with Gasteiger partial charge in [0.15, 0.2) is 5.96 Å². The number of esters is 1. The van der Waals surface area contributed by atoms with E-state index in [-0.39, 0.29) is 17.5 Å². The molecule has 2 aromatic rings. The maximum Gasteiger partial charge on any atom is 0.323 e. The summed E-state index contributed by atoms with van der Waals surface area (Å²) in [5, 5.41) is 0. The first-order valence-electron chi connectivity index (χ1n) is 9.15. The normalized spacial score (nSPS) is 11.6. The summed E-state index contributed by atoms with van der Waals surface area (Å²) in [4.78, 5) is 15.4. The third-order valence-electron chi connectivity index (χ3n) is 3.81. The molecule has 0 fully saturated rings. The Hall–Kier alpha value is -2.95. The van der Waals surface area contributed by atoms with Gasteiger partial charge in [0.1, 0.15) is 12.6 Å². The quantitative estimate of drug-likeness (QED) is 0.158. The largest absolute Gasteiger partial charge is 0.460 e. The van der Waals surface area contributed by atoms with Crippen LogP contribution in [0.3, 0.4) is 0 Å². The van der Waals surface area contributed by atoms with Gasteiger partial charge in [-0.3, -0.25) is 14.3 Å². The fraction of sp³-hybridized carbons (Fsp3) is 0.300. The number of nitrogens with two attached hydrogens (primary N) is 3. The second kappa shape index (κ2) is 12.6. The van der Waals surface area contributed by atoms with Crippen LogP contribution in [0.15, 0.2) is 64.5 Å². The molecule has 0 heterocycles. The number of nitrogens with zero attached hydrogens (tertiary/aromatic N) is 1. The van der Waals surface area contributed by atoms with Crippen LogP contribution in [0.25, 0.3) is 0 Å². The molecule has 0 aliphatic heterocycles. The van der Waals surface area contributed by atoms with Crippen LogP contribution in [0, 0.1) is 6.92 Å². The van der Waals surface area contributed by atoms with Crippen molar-refractivity contribution in [3.8, 4) is 0 Å². The first kappa shape index (κ1) is 25.1. The van der Waals surface area contributed by atoms with Crippen LogP contribution in [-0.2, 0) is 26.3 Å². The molecular weight excluding hydrogens is 408 g/mol. The number of benzene rings is 2.